The molecule has 6 nitrogen and oxygen atoms in total. The summed E-state index contributed by atoms with van der Waals surface area (Å²) < 4.78 is 0. The standard InChI is InChI=1S/C22H27NOS.C2H2O4/c1-2-20(24)22(11-13-23(14-12-22)16-17-8-9-17)19-10-15-25-21(19)18-6-4-3-5-7-18;3-1(4)2(5)6/h3-7,10,15,17H,2,8-9,11-14,16H2,1H3;(H,3,4)(H,5,6). The molecule has 1 aromatic heterocycles. The predicted molar refractivity (Wildman–Crippen MR) is 120 cm³/mol. The number of ketones is 1. The highest BCUT2D eigenvalue weighted by Crippen LogP contribution is 2.45. The van der Waals surface area contributed by atoms with Crippen LogP contribution in [0.25, 0.3) is 10.4 Å². The van der Waals surface area contributed by atoms with E-state index in [1.54, 1.807) is 11.3 Å². The Morgan fingerprint density at radius 1 is 1.03 bits per heavy atom. The highest BCUT2D eigenvalue weighted by molar-refractivity contribution is 7.13. The van der Waals surface area contributed by atoms with Gasteiger partial charge in [0.1, 0.15) is 5.78 Å². The Morgan fingerprint density at radius 2 is 1.65 bits per heavy atom. The maximum Gasteiger partial charge on any atom is 0.414 e. The van der Waals surface area contributed by atoms with Crippen molar-refractivity contribution in [2.45, 2.75) is 44.4 Å². The number of carboxylic acid groups (broad SMARTS) is 2. The predicted octanol–water partition coefficient (Wildman–Crippen LogP) is 4.29. The fraction of sp³-hybridized carbons (Fsp3) is 0.458. The number of piperidine rings is 1. The first-order valence-electron chi connectivity index (χ1n) is 10.7. The number of carbonyl (C=O) groups excluding carboxylic acids is 1. The molecule has 2 fully saturated rings. The number of Topliss-reactive ketones (excluding diaryl/α,β-unsaturated/α-hetero) is 1. The van der Waals surface area contributed by atoms with Crippen molar-refractivity contribution in [1.82, 2.24) is 4.90 Å². The van der Waals surface area contributed by atoms with Gasteiger partial charge in [0, 0.05) is 17.8 Å². The zero-order chi connectivity index (χ0) is 22.4. The number of benzene rings is 1. The van der Waals surface area contributed by atoms with E-state index in [1.165, 1.54) is 35.4 Å². The number of nitrogens with zero attached hydrogens (tertiary/aromatic N) is 1. The Labute approximate surface area is 186 Å². The molecule has 2 heterocycles. The lowest BCUT2D eigenvalue weighted by molar-refractivity contribution is -0.159. The SMILES string of the molecule is CCC(=O)C1(c2ccsc2-c2ccccc2)CCN(CC2CC2)CC1.O=C(O)C(=O)O. The van der Waals surface area contributed by atoms with Crippen molar-refractivity contribution in [1.29, 1.82) is 0 Å². The minimum absolute atomic E-state index is 0.278. The van der Waals surface area contributed by atoms with Crippen LogP contribution in [0.2, 0.25) is 0 Å². The van der Waals surface area contributed by atoms with Crippen LogP contribution in [-0.2, 0) is 19.8 Å². The number of carboxylic acids is 2. The van der Waals surface area contributed by atoms with Crippen LogP contribution in [0.4, 0.5) is 0 Å². The molecule has 0 unspecified atom stereocenters. The second-order valence-electron chi connectivity index (χ2n) is 8.24. The van der Waals surface area contributed by atoms with Gasteiger partial charge in [-0.3, -0.25) is 4.79 Å². The van der Waals surface area contributed by atoms with Crippen LogP contribution >= 0.6 is 11.3 Å². The lowest BCUT2D eigenvalue weighted by atomic mass is 9.68. The Morgan fingerprint density at radius 3 is 2.16 bits per heavy atom. The van der Waals surface area contributed by atoms with Crippen molar-refractivity contribution in [2.24, 2.45) is 5.92 Å². The van der Waals surface area contributed by atoms with Crippen LogP contribution in [0.5, 0.6) is 0 Å². The molecule has 1 saturated heterocycles. The summed E-state index contributed by atoms with van der Waals surface area (Å²) >= 11 is 1.78. The monoisotopic (exact) mass is 443 g/mol. The highest BCUT2D eigenvalue weighted by atomic mass is 32.1. The molecule has 7 heteroatoms. The number of aliphatic carboxylic acids is 2. The van der Waals surface area contributed by atoms with Gasteiger partial charge in [0.15, 0.2) is 0 Å². The minimum atomic E-state index is -1.82. The number of rotatable bonds is 6. The summed E-state index contributed by atoms with van der Waals surface area (Å²) in [6.45, 7) is 5.39. The highest BCUT2D eigenvalue weighted by Gasteiger charge is 2.44. The molecule has 0 bridgehead atoms. The fourth-order valence-corrected chi connectivity index (χ4v) is 5.32. The quantitative estimate of drug-likeness (QED) is 0.647. The summed E-state index contributed by atoms with van der Waals surface area (Å²) in [5.41, 5.74) is 2.25. The molecule has 0 radical (unpaired) electrons. The van der Waals surface area contributed by atoms with Gasteiger partial charge in [-0.05, 0) is 67.3 Å². The minimum Gasteiger partial charge on any atom is -0.473 e. The topological polar surface area (TPSA) is 94.9 Å². The van der Waals surface area contributed by atoms with Crippen LogP contribution in [-0.4, -0.2) is 52.5 Å². The van der Waals surface area contributed by atoms with Crippen LogP contribution in [0, 0.1) is 5.92 Å². The zero-order valence-corrected chi connectivity index (χ0v) is 18.6. The van der Waals surface area contributed by atoms with Crippen molar-refractivity contribution in [3.05, 3.63) is 47.3 Å². The Kier molecular flexibility index (Phi) is 7.62. The number of carbonyl (C=O) groups is 3. The first-order valence-corrected chi connectivity index (χ1v) is 11.6. The fourth-order valence-electron chi connectivity index (χ4n) is 4.32. The van der Waals surface area contributed by atoms with Crippen molar-refractivity contribution >= 4 is 29.1 Å². The molecule has 0 atom stereocenters. The average molecular weight is 444 g/mol. The van der Waals surface area contributed by atoms with Crippen molar-refractivity contribution in [2.75, 3.05) is 19.6 Å². The molecular formula is C24H29NO5S. The zero-order valence-electron chi connectivity index (χ0n) is 17.8. The molecule has 2 aliphatic rings. The summed E-state index contributed by atoms with van der Waals surface area (Å²) in [7, 11) is 0. The van der Waals surface area contributed by atoms with Crippen molar-refractivity contribution in [3.63, 3.8) is 0 Å². The molecular weight excluding hydrogens is 414 g/mol. The Hall–Kier alpha value is -2.51. The van der Waals surface area contributed by atoms with E-state index >= 15 is 0 Å². The molecule has 0 amide bonds. The third-order valence-electron chi connectivity index (χ3n) is 6.18. The van der Waals surface area contributed by atoms with E-state index in [0.717, 1.165) is 31.8 Å². The van der Waals surface area contributed by atoms with Crippen molar-refractivity contribution < 1.29 is 24.6 Å². The summed E-state index contributed by atoms with van der Waals surface area (Å²) in [6.07, 6.45) is 5.38. The van der Waals surface area contributed by atoms with Gasteiger partial charge >= 0.3 is 11.9 Å². The summed E-state index contributed by atoms with van der Waals surface area (Å²) in [5, 5.41) is 16.9. The second-order valence-corrected chi connectivity index (χ2v) is 9.16. The molecule has 4 rings (SSSR count). The Balaban J connectivity index is 0.000000401. The third kappa shape index (κ3) is 5.60. The molecule has 1 saturated carbocycles. The van der Waals surface area contributed by atoms with Gasteiger partial charge in [-0.25, -0.2) is 9.59 Å². The number of likely N-dealkylation sites (tertiary alicyclic amines) is 1. The first kappa shape index (κ1) is 23.2. The number of hydrogen-bond acceptors (Lipinski definition) is 5. The van der Waals surface area contributed by atoms with Crippen molar-refractivity contribution in [3.8, 4) is 10.4 Å². The maximum atomic E-state index is 13.1. The summed E-state index contributed by atoms with van der Waals surface area (Å²) in [4.78, 5) is 35.2. The van der Waals surface area contributed by atoms with Gasteiger partial charge in [0.2, 0.25) is 0 Å². The normalized spacial score (nSPS) is 18.0. The molecule has 31 heavy (non-hydrogen) atoms. The van der Waals surface area contributed by atoms with Gasteiger partial charge < -0.3 is 15.1 Å². The summed E-state index contributed by atoms with van der Waals surface area (Å²) in [5.74, 6) is -2.30. The van der Waals surface area contributed by atoms with Gasteiger partial charge in [-0.15, -0.1) is 11.3 Å². The molecule has 1 aliphatic heterocycles. The lowest BCUT2D eigenvalue weighted by Gasteiger charge is -2.41. The second kappa shape index (κ2) is 10.2. The van der Waals surface area contributed by atoms with Gasteiger partial charge in [0.05, 0.1) is 5.41 Å². The first-order chi connectivity index (χ1) is 14.9. The van der Waals surface area contributed by atoms with Gasteiger partial charge in [-0.1, -0.05) is 37.3 Å². The van der Waals surface area contributed by atoms with Gasteiger partial charge in [0.25, 0.3) is 0 Å². The molecule has 2 N–H and O–H groups in total. The third-order valence-corrected chi connectivity index (χ3v) is 7.14. The molecule has 0 spiro atoms. The van der Waals surface area contributed by atoms with Gasteiger partial charge in [-0.2, -0.15) is 0 Å². The van der Waals surface area contributed by atoms with Crippen LogP contribution < -0.4 is 0 Å². The molecule has 166 valence electrons. The lowest BCUT2D eigenvalue weighted by Crippen LogP contribution is -2.47. The number of thiophene rings is 1. The van der Waals surface area contributed by atoms with E-state index in [-0.39, 0.29) is 5.41 Å². The molecule has 2 aromatic rings. The van der Waals surface area contributed by atoms with E-state index in [0.29, 0.717) is 12.2 Å². The van der Waals surface area contributed by atoms with Crippen LogP contribution in [0.1, 0.15) is 44.6 Å². The molecule has 1 aromatic carbocycles. The van der Waals surface area contributed by atoms with E-state index in [9.17, 15) is 4.79 Å². The largest absolute Gasteiger partial charge is 0.473 e. The van der Waals surface area contributed by atoms with Crippen LogP contribution in [0.3, 0.4) is 0 Å². The van der Waals surface area contributed by atoms with E-state index in [2.05, 4.69) is 46.7 Å². The molecule has 1 aliphatic carbocycles. The average Bonchev–Trinajstić information content (AvgIpc) is 3.46. The van der Waals surface area contributed by atoms with E-state index < -0.39 is 11.9 Å². The summed E-state index contributed by atoms with van der Waals surface area (Å²) in [6, 6.07) is 12.8. The van der Waals surface area contributed by atoms with E-state index in [4.69, 9.17) is 19.8 Å². The smallest absolute Gasteiger partial charge is 0.414 e. The Bertz CT molecular complexity index is 899. The van der Waals surface area contributed by atoms with Crippen LogP contribution in [0.15, 0.2) is 41.8 Å². The van der Waals surface area contributed by atoms with E-state index in [1.807, 2.05) is 6.92 Å². The number of hydrogen-bond donors (Lipinski definition) is 2. The maximum absolute atomic E-state index is 13.1.